The van der Waals surface area contributed by atoms with Gasteiger partial charge in [-0.15, -0.1) is 0 Å². The van der Waals surface area contributed by atoms with E-state index in [4.69, 9.17) is 5.73 Å². The molecule has 0 radical (unpaired) electrons. The van der Waals surface area contributed by atoms with E-state index in [0.29, 0.717) is 6.04 Å². The summed E-state index contributed by atoms with van der Waals surface area (Å²) >= 11 is 0. The summed E-state index contributed by atoms with van der Waals surface area (Å²) in [5.41, 5.74) is 9.20. The van der Waals surface area contributed by atoms with Crippen LogP contribution in [0.3, 0.4) is 0 Å². The van der Waals surface area contributed by atoms with Crippen LogP contribution in [-0.4, -0.2) is 4.57 Å². The van der Waals surface area contributed by atoms with Gasteiger partial charge in [0.25, 0.3) is 0 Å². The fourth-order valence-corrected chi connectivity index (χ4v) is 4.82. The Kier molecular flexibility index (Phi) is 2.54. The highest BCUT2D eigenvalue weighted by molar-refractivity contribution is 5.28. The molecule has 1 aromatic rings. The SMILES string of the molecule is NC1CCCc2c1ccn2CC1CC2CCC1C2. The van der Waals surface area contributed by atoms with Gasteiger partial charge < -0.3 is 10.3 Å². The average Bonchev–Trinajstić information content (AvgIpc) is 3.05. The molecule has 98 valence electrons. The van der Waals surface area contributed by atoms with Gasteiger partial charge in [-0.1, -0.05) is 6.42 Å². The second-order valence-corrected chi connectivity index (χ2v) is 6.80. The largest absolute Gasteiger partial charge is 0.351 e. The predicted octanol–water partition coefficient (Wildman–Crippen LogP) is 3.26. The Hall–Kier alpha value is -0.760. The lowest BCUT2D eigenvalue weighted by atomic mass is 9.88. The van der Waals surface area contributed by atoms with Gasteiger partial charge in [0, 0.05) is 24.5 Å². The van der Waals surface area contributed by atoms with E-state index in [9.17, 15) is 0 Å². The van der Waals surface area contributed by atoms with Crippen LogP contribution in [0.4, 0.5) is 0 Å². The van der Waals surface area contributed by atoms with E-state index < -0.39 is 0 Å². The van der Waals surface area contributed by atoms with Gasteiger partial charge >= 0.3 is 0 Å². The van der Waals surface area contributed by atoms with E-state index in [1.807, 2.05) is 0 Å². The van der Waals surface area contributed by atoms with E-state index in [-0.39, 0.29) is 0 Å². The van der Waals surface area contributed by atoms with Crippen molar-refractivity contribution in [2.75, 3.05) is 0 Å². The maximum absolute atomic E-state index is 6.22. The maximum atomic E-state index is 6.22. The lowest BCUT2D eigenvalue weighted by Gasteiger charge is -2.25. The third kappa shape index (κ3) is 1.65. The summed E-state index contributed by atoms with van der Waals surface area (Å²) < 4.78 is 2.54. The van der Waals surface area contributed by atoms with Gasteiger partial charge in [-0.25, -0.2) is 0 Å². The first-order valence-corrected chi connectivity index (χ1v) is 7.74. The molecule has 4 rings (SSSR count). The van der Waals surface area contributed by atoms with Crippen LogP contribution < -0.4 is 5.73 Å². The van der Waals surface area contributed by atoms with Crippen molar-refractivity contribution >= 4 is 0 Å². The molecule has 18 heavy (non-hydrogen) atoms. The van der Waals surface area contributed by atoms with Gasteiger partial charge in [-0.3, -0.25) is 0 Å². The molecule has 2 N–H and O–H groups in total. The van der Waals surface area contributed by atoms with Gasteiger partial charge in [0.15, 0.2) is 0 Å². The summed E-state index contributed by atoms with van der Waals surface area (Å²) in [7, 11) is 0. The second-order valence-electron chi connectivity index (χ2n) is 6.80. The molecule has 1 heterocycles. The van der Waals surface area contributed by atoms with Crippen LogP contribution in [0.25, 0.3) is 0 Å². The number of nitrogens with two attached hydrogens (primary N) is 1. The Balaban J connectivity index is 1.55. The molecule has 2 nitrogen and oxygen atoms in total. The van der Waals surface area contributed by atoms with Crippen LogP contribution in [0, 0.1) is 17.8 Å². The molecule has 3 aliphatic rings. The van der Waals surface area contributed by atoms with E-state index in [0.717, 1.165) is 17.8 Å². The third-order valence-corrected chi connectivity index (χ3v) is 5.76. The highest BCUT2D eigenvalue weighted by Gasteiger charge is 2.39. The zero-order valence-corrected chi connectivity index (χ0v) is 11.1. The van der Waals surface area contributed by atoms with Crippen molar-refractivity contribution < 1.29 is 0 Å². The number of hydrogen-bond acceptors (Lipinski definition) is 1. The molecule has 2 saturated carbocycles. The molecule has 4 atom stereocenters. The van der Waals surface area contributed by atoms with Crippen LogP contribution in [0.5, 0.6) is 0 Å². The zero-order chi connectivity index (χ0) is 12.1. The molecule has 2 heteroatoms. The first-order chi connectivity index (χ1) is 8.81. The Morgan fingerprint density at radius 2 is 2.17 bits per heavy atom. The summed E-state index contributed by atoms with van der Waals surface area (Å²) in [4.78, 5) is 0. The highest BCUT2D eigenvalue weighted by atomic mass is 15.0. The van der Waals surface area contributed by atoms with Crippen molar-refractivity contribution in [2.45, 2.75) is 57.5 Å². The molecule has 0 aromatic carbocycles. The minimum absolute atomic E-state index is 0.301. The van der Waals surface area contributed by atoms with Gasteiger partial charge in [0.2, 0.25) is 0 Å². The highest BCUT2D eigenvalue weighted by Crippen LogP contribution is 2.49. The van der Waals surface area contributed by atoms with E-state index in [2.05, 4.69) is 16.8 Å². The normalized spacial score (nSPS) is 38.1. The van der Waals surface area contributed by atoms with Crippen LogP contribution in [0.15, 0.2) is 12.3 Å². The zero-order valence-electron chi connectivity index (χ0n) is 11.1. The second kappa shape index (κ2) is 4.12. The molecule has 0 saturated heterocycles. The van der Waals surface area contributed by atoms with E-state index in [1.54, 1.807) is 5.69 Å². The molecule has 0 aliphatic heterocycles. The fourth-order valence-electron chi connectivity index (χ4n) is 4.82. The van der Waals surface area contributed by atoms with Crippen molar-refractivity contribution in [2.24, 2.45) is 23.5 Å². The van der Waals surface area contributed by atoms with Crippen molar-refractivity contribution in [3.05, 3.63) is 23.5 Å². The topological polar surface area (TPSA) is 30.9 Å². The minimum atomic E-state index is 0.301. The average molecular weight is 244 g/mol. The fraction of sp³-hybridized carbons (Fsp3) is 0.750. The van der Waals surface area contributed by atoms with E-state index in [1.165, 1.54) is 57.1 Å². The Labute approximate surface area is 110 Å². The molecule has 0 amide bonds. The van der Waals surface area contributed by atoms with Crippen molar-refractivity contribution in [1.29, 1.82) is 0 Å². The molecule has 2 bridgehead atoms. The van der Waals surface area contributed by atoms with Crippen LogP contribution in [0.2, 0.25) is 0 Å². The smallest absolute Gasteiger partial charge is 0.0312 e. The van der Waals surface area contributed by atoms with Gasteiger partial charge in [0.05, 0.1) is 0 Å². The van der Waals surface area contributed by atoms with Crippen LogP contribution in [0.1, 0.15) is 55.8 Å². The molecular weight excluding hydrogens is 220 g/mol. The lowest BCUT2D eigenvalue weighted by molar-refractivity contribution is 0.292. The van der Waals surface area contributed by atoms with Crippen molar-refractivity contribution in [3.63, 3.8) is 0 Å². The monoisotopic (exact) mass is 244 g/mol. The van der Waals surface area contributed by atoms with Crippen molar-refractivity contribution in [1.82, 2.24) is 4.57 Å². The number of nitrogens with zero attached hydrogens (tertiary/aromatic N) is 1. The van der Waals surface area contributed by atoms with Gasteiger partial charge in [-0.2, -0.15) is 0 Å². The Morgan fingerprint density at radius 1 is 1.22 bits per heavy atom. The van der Waals surface area contributed by atoms with Crippen LogP contribution in [-0.2, 0) is 13.0 Å². The number of aromatic nitrogens is 1. The quantitative estimate of drug-likeness (QED) is 0.850. The number of fused-ring (bicyclic) bond motifs is 3. The minimum Gasteiger partial charge on any atom is -0.351 e. The lowest BCUT2D eigenvalue weighted by Crippen LogP contribution is -2.21. The molecule has 0 spiro atoms. The number of hydrogen-bond donors (Lipinski definition) is 1. The summed E-state index contributed by atoms with van der Waals surface area (Å²) in [6.45, 7) is 1.27. The third-order valence-electron chi connectivity index (χ3n) is 5.76. The maximum Gasteiger partial charge on any atom is 0.0312 e. The standard InChI is InChI=1S/C16H24N2/c17-15-2-1-3-16-14(15)6-7-18(16)10-13-9-11-4-5-12(13)8-11/h6-7,11-13,15H,1-5,8-10,17H2. The van der Waals surface area contributed by atoms with Crippen LogP contribution >= 0.6 is 0 Å². The van der Waals surface area contributed by atoms with Gasteiger partial charge in [0.1, 0.15) is 0 Å². The number of rotatable bonds is 2. The van der Waals surface area contributed by atoms with E-state index >= 15 is 0 Å². The Bertz CT molecular complexity index is 448. The summed E-state index contributed by atoms with van der Waals surface area (Å²) in [6, 6.07) is 2.59. The van der Waals surface area contributed by atoms with Crippen molar-refractivity contribution in [3.8, 4) is 0 Å². The predicted molar refractivity (Wildman–Crippen MR) is 73.2 cm³/mol. The molecular formula is C16H24N2. The molecule has 3 aliphatic carbocycles. The summed E-state index contributed by atoms with van der Waals surface area (Å²) in [5.74, 6) is 3.05. The van der Waals surface area contributed by atoms with Gasteiger partial charge in [-0.05, 0) is 67.9 Å². The first-order valence-electron chi connectivity index (χ1n) is 7.74. The first kappa shape index (κ1) is 11.1. The molecule has 2 fully saturated rings. The summed E-state index contributed by atoms with van der Waals surface area (Å²) in [5, 5.41) is 0. The summed E-state index contributed by atoms with van der Waals surface area (Å²) in [6.07, 6.45) is 12.0. The molecule has 1 aromatic heterocycles. The Morgan fingerprint density at radius 3 is 2.94 bits per heavy atom. The molecule has 4 unspecified atom stereocenters.